The largest absolute Gasteiger partial charge is 0.376 e. The van der Waals surface area contributed by atoms with Gasteiger partial charge < -0.3 is 20.7 Å². The lowest BCUT2D eigenvalue weighted by Crippen LogP contribution is -2.40. The molecule has 0 aliphatic carbocycles. The highest BCUT2D eigenvalue weighted by Gasteiger charge is 2.19. The predicted molar refractivity (Wildman–Crippen MR) is 111 cm³/mol. The Morgan fingerprint density at radius 2 is 2.03 bits per heavy atom. The van der Waals surface area contributed by atoms with E-state index < -0.39 is 0 Å². The summed E-state index contributed by atoms with van der Waals surface area (Å²) in [7, 11) is 1.55. The highest BCUT2D eigenvalue weighted by molar-refractivity contribution is 5.98. The average Bonchev–Trinajstić information content (AvgIpc) is 2.79. The van der Waals surface area contributed by atoms with Crippen LogP contribution in [-0.4, -0.2) is 56.2 Å². The molecule has 1 aromatic heterocycles. The molecule has 2 amide bonds. The normalized spacial score (nSPS) is 17.4. The molecule has 2 heterocycles. The highest BCUT2D eigenvalue weighted by atomic mass is 16.5. The standard InChI is InChI=1S/C22H28N4O3/c1-15(16-6-4-3-5-7-16)19-12-17(13-20(26-19)22(28)23-2)21(27)25-9-8-18-14-24-10-11-29-18/h3-7,12-13,15,18,24H,8-11,14H2,1-2H3,(H,23,28)(H,25,27)/t15-,18+/m0/s1. The molecule has 0 saturated carbocycles. The quantitative estimate of drug-likeness (QED) is 0.663. The molecule has 7 nitrogen and oxygen atoms in total. The van der Waals surface area contributed by atoms with Crippen molar-refractivity contribution in [3.05, 3.63) is 65.0 Å². The van der Waals surface area contributed by atoms with Gasteiger partial charge in [-0.25, -0.2) is 4.98 Å². The maximum absolute atomic E-state index is 12.7. The number of carbonyl (C=O) groups excluding carboxylic acids is 2. The summed E-state index contributed by atoms with van der Waals surface area (Å²) in [5, 5.41) is 8.79. The van der Waals surface area contributed by atoms with Crippen molar-refractivity contribution < 1.29 is 14.3 Å². The third-order valence-electron chi connectivity index (χ3n) is 5.07. The van der Waals surface area contributed by atoms with Crippen LogP contribution in [0.3, 0.4) is 0 Å². The SMILES string of the molecule is CNC(=O)c1cc(C(=O)NCC[C@@H]2CNCCO2)cc([C@@H](C)c2ccccc2)n1. The summed E-state index contributed by atoms with van der Waals surface area (Å²) in [4.78, 5) is 29.4. The van der Waals surface area contributed by atoms with E-state index in [9.17, 15) is 9.59 Å². The van der Waals surface area contributed by atoms with Crippen LogP contribution in [0.5, 0.6) is 0 Å². The van der Waals surface area contributed by atoms with Crippen molar-refractivity contribution in [3.8, 4) is 0 Å². The Kier molecular flexibility index (Phi) is 7.32. The number of aromatic nitrogens is 1. The van der Waals surface area contributed by atoms with Crippen LogP contribution in [0.4, 0.5) is 0 Å². The zero-order valence-electron chi connectivity index (χ0n) is 16.9. The molecule has 0 unspecified atom stereocenters. The van der Waals surface area contributed by atoms with E-state index in [1.165, 1.54) is 6.07 Å². The molecule has 3 rings (SSSR count). The number of amides is 2. The first-order chi connectivity index (χ1) is 14.1. The third-order valence-corrected chi connectivity index (χ3v) is 5.07. The number of benzene rings is 1. The van der Waals surface area contributed by atoms with Crippen LogP contribution in [0, 0.1) is 0 Å². The second-order valence-electron chi connectivity index (χ2n) is 7.12. The fraction of sp³-hybridized carbons (Fsp3) is 0.409. The second-order valence-corrected chi connectivity index (χ2v) is 7.12. The van der Waals surface area contributed by atoms with Crippen LogP contribution in [-0.2, 0) is 4.74 Å². The lowest BCUT2D eigenvalue weighted by atomic mass is 9.96. The van der Waals surface area contributed by atoms with Gasteiger partial charge in [-0.3, -0.25) is 9.59 Å². The van der Waals surface area contributed by atoms with Crippen LogP contribution < -0.4 is 16.0 Å². The van der Waals surface area contributed by atoms with Gasteiger partial charge in [0.1, 0.15) is 5.69 Å². The van der Waals surface area contributed by atoms with Crippen molar-refractivity contribution in [2.24, 2.45) is 0 Å². The first-order valence-corrected chi connectivity index (χ1v) is 9.98. The van der Waals surface area contributed by atoms with Gasteiger partial charge in [-0.2, -0.15) is 0 Å². The van der Waals surface area contributed by atoms with E-state index >= 15 is 0 Å². The average molecular weight is 396 g/mol. The van der Waals surface area contributed by atoms with Crippen LogP contribution in [0.25, 0.3) is 0 Å². The number of morpholine rings is 1. The molecular formula is C22H28N4O3. The van der Waals surface area contributed by atoms with E-state index in [-0.39, 0.29) is 29.5 Å². The maximum atomic E-state index is 12.7. The number of pyridine rings is 1. The van der Waals surface area contributed by atoms with E-state index in [0.717, 1.165) is 25.1 Å². The minimum Gasteiger partial charge on any atom is -0.376 e. The van der Waals surface area contributed by atoms with Crippen molar-refractivity contribution in [2.45, 2.75) is 25.4 Å². The Bertz CT molecular complexity index is 835. The number of ether oxygens (including phenoxy) is 1. The first kappa shape index (κ1) is 21.0. The van der Waals surface area contributed by atoms with Crippen LogP contribution >= 0.6 is 0 Å². The number of hydrogen-bond acceptors (Lipinski definition) is 5. The second kappa shape index (κ2) is 10.1. The summed E-state index contributed by atoms with van der Waals surface area (Å²) in [5.74, 6) is -0.584. The molecule has 1 fully saturated rings. The molecule has 0 spiro atoms. The molecule has 2 atom stereocenters. The summed E-state index contributed by atoms with van der Waals surface area (Å²) in [6.07, 6.45) is 0.843. The fourth-order valence-corrected chi connectivity index (χ4v) is 3.32. The summed E-state index contributed by atoms with van der Waals surface area (Å²) in [6.45, 7) is 4.88. The Morgan fingerprint density at radius 3 is 2.72 bits per heavy atom. The predicted octanol–water partition coefficient (Wildman–Crippen LogP) is 1.70. The summed E-state index contributed by atoms with van der Waals surface area (Å²) >= 11 is 0. The Morgan fingerprint density at radius 1 is 1.24 bits per heavy atom. The molecule has 1 aliphatic rings. The van der Waals surface area contributed by atoms with Gasteiger partial charge in [-0.1, -0.05) is 37.3 Å². The van der Waals surface area contributed by atoms with E-state index in [4.69, 9.17) is 4.74 Å². The number of hydrogen-bond donors (Lipinski definition) is 3. The molecule has 1 aliphatic heterocycles. The van der Waals surface area contributed by atoms with Gasteiger partial charge in [0.2, 0.25) is 0 Å². The third kappa shape index (κ3) is 5.62. The minimum absolute atomic E-state index is 0.0472. The first-order valence-electron chi connectivity index (χ1n) is 9.98. The van der Waals surface area contributed by atoms with E-state index in [1.54, 1.807) is 13.1 Å². The van der Waals surface area contributed by atoms with Crippen LogP contribution in [0.15, 0.2) is 42.5 Å². The molecule has 0 radical (unpaired) electrons. The maximum Gasteiger partial charge on any atom is 0.269 e. The molecule has 0 bridgehead atoms. The Labute approximate surface area is 171 Å². The molecular weight excluding hydrogens is 368 g/mol. The molecule has 154 valence electrons. The lowest BCUT2D eigenvalue weighted by Gasteiger charge is -2.23. The van der Waals surface area contributed by atoms with Crippen LogP contribution in [0.1, 0.15) is 51.4 Å². The van der Waals surface area contributed by atoms with Gasteiger partial charge >= 0.3 is 0 Å². The number of carbonyl (C=O) groups is 2. The minimum atomic E-state index is -0.317. The van der Waals surface area contributed by atoms with E-state index in [0.29, 0.717) is 24.4 Å². The molecule has 1 saturated heterocycles. The lowest BCUT2D eigenvalue weighted by molar-refractivity contribution is 0.0239. The zero-order valence-corrected chi connectivity index (χ0v) is 16.9. The molecule has 29 heavy (non-hydrogen) atoms. The van der Waals surface area contributed by atoms with E-state index in [1.807, 2.05) is 37.3 Å². The van der Waals surface area contributed by atoms with Crippen molar-refractivity contribution in [1.82, 2.24) is 20.9 Å². The van der Waals surface area contributed by atoms with Crippen molar-refractivity contribution in [2.75, 3.05) is 33.3 Å². The summed E-state index contributed by atoms with van der Waals surface area (Å²) in [6, 6.07) is 13.2. The molecule has 2 aromatic rings. The highest BCUT2D eigenvalue weighted by Crippen LogP contribution is 2.23. The summed E-state index contributed by atoms with van der Waals surface area (Å²) in [5.41, 5.74) is 2.42. The molecule has 3 N–H and O–H groups in total. The molecule has 1 aromatic carbocycles. The Balaban J connectivity index is 1.75. The van der Waals surface area contributed by atoms with Gasteiger partial charge in [-0.05, 0) is 24.1 Å². The van der Waals surface area contributed by atoms with Gasteiger partial charge in [0, 0.05) is 43.9 Å². The van der Waals surface area contributed by atoms with Crippen LogP contribution in [0.2, 0.25) is 0 Å². The number of nitrogens with one attached hydrogen (secondary N) is 3. The van der Waals surface area contributed by atoms with Gasteiger partial charge in [0.05, 0.1) is 12.7 Å². The van der Waals surface area contributed by atoms with E-state index in [2.05, 4.69) is 20.9 Å². The molecule has 7 heteroatoms. The monoisotopic (exact) mass is 396 g/mol. The smallest absolute Gasteiger partial charge is 0.269 e. The van der Waals surface area contributed by atoms with Crippen molar-refractivity contribution >= 4 is 11.8 Å². The van der Waals surface area contributed by atoms with Crippen molar-refractivity contribution in [3.63, 3.8) is 0 Å². The zero-order chi connectivity index (χ0) is 20.6. The number of nitrogens with zero attached hydrogens (tertiary/aromatic N) is 1. The Hall–Kier alpha value is -2.77. The van der Waals surface area contributed by atoms with Crippen molar-refractivity contribution in [1.29, 1.82) is 0 Å². The van der Waals surface area contributed by atoms with Gasteiger partial charge in [0.25, 0.3) is 11.8 Å². The summed E-state index contributed by atoms with van der Waals surface area (Å²) < 4.78 is 5.65. The van der Waals surface area contributed by atoms with Gasteiger partial charge in [0.15, 0.2) is 0 Å². The number of rotatable bonds is 7. The topological polar surface area (TPSA) is 92.4 Å². The fourth-order valence-electron chi connectivity index (χ4n) is 3.32. The van der Waals surface area contributed by atoms with Gasteiger partial charge in [-0.15, -0.1) is 0 Å².